The summed E-state index contributed by atoms with van der Waals surface area (Å²) < 4.78 is 5.40. The number of hydrogen-bond donors (Lipinski definition) is 1. The van der Waals surface area contributed by atoms with Gasteiger partial charge in [-0.05, 0) is 80.9 Å². The summed E-state index contributed by atoms with van der Waals surface area (Å²) in [6, 6.07) is 13.2. The van der Waals surface area contributed by atoms with Gasteiger partial charge in [-0.15, -0.1) is 0 Å². The minimum absolute atomic E-state index is 0.0874. The minimum atomic E-state index is -0.699. The van der Waals surface area contributed by atoms with Crippen molar-refractivity contribution in [3.05, 3.63) is 70.3 Å². The summed E-state index contributed by atoms with van der Waals surface area (Å²) in [5, 5.41) is 11.7. The first-order chi connectivity index (χ1) is 17.4. The van der Waals surface area contributed by atoms with Crippen LogP contribution in [0.15, 0.2) is 54.1 Å². The van der Waals surface area contributed by atoms with Crippen molar-refractivity contribution in [3.8, 4) is 5.75 Å². The lowest BCUT2D eigenvalue weighted by molar-refractivity contribution is -0.140. The topological polar surface area (TPSA) is 70.1 Å². The van der Waals surface area contributed by atoms with Crippen LogP contribution < -0.4 is 4.74 Å². The van der Waals surface area contributed by atoms with Gasteiger partial charge in [0.05, 0.1) is 18.7 Å². The highest BCUT2D eigenvalue weighted by Gasteiger charge is 2.45. The Labute approximate surface area is 219 Å². The van der Waals surface area contributed by atoms with Crippen LogP contribution in [-0.4, -0.2) is 59.9 Å². The number of aliphatic hydroxyl groups excluding tert-OH is 1. The first-order valence-electron chi connectivity index (χ1n) is 12.8. The molecule has 0 bridgehead atoms. The summed E-state index contributed by atoms with van der Waals surface area (Å²) in [6.07, 6.45) is 5.29. The molecule has 1 N–H and O–H groups in total. The zero-order chi connectivity index (χ0) is 26.1. The number of carbonyl (C=O) groups is 2. The fourth-order valence-corrected chi connectivity index (χ4v) is 4.72. The van der Waals surface area contributed by atoms with Crippen molar-refractivity contribution in [2.75, 3.05) is 33.3 Å². The second-order valence-corrected chi connectivity index (χ2v) is 9.61. The molecule has 0 aromatic heterocycles. The van der Waals surface area contributed by atoms with Gasteiger partial charge in [-0.3, -0.25) is 9.59 Å². The number of aliphatic hydroxyl groups is 1. The van der Waals surface area contributed by atoms with Crippen LogP contribution in [-0.2, 0) is 9.59 Å². The smallest absolute Gasteiger partial charge is 0.295 e. The van der Waals surface area contributed by atoms with Gasteiger partial charge in [-0.2, -0.15) is 0 Å². The van der Waals surface area contributed by atoms with Crippen LogP contribution in [0.4, 0.5) is 0 Å². The highest BCUT2D eigenvalue weighted by atomic mass is 35.5. The summed E-state index contributed by atoms with van der Waals surface area (Å²) in [7, 11) is 1.57. The molecule has 0 aliphatic carbocycles. The Morgan fingerprint density at radius 3 is 2.25 bits per heavy atom. The molecule has 1 heterocycles. The number of benzene rings is 2. The molecule has 0 radical (unpaired) electrons. The molecule has 1 amide bonds. The largest absolute Gasteiger partial charge is 0.507 e. The van der Waals surface area contributed by atoms with Crippen molar-refractivity contribution >= 4 is 29.1 Å². The number of hydrogen-bond acceptors (Lipinski definition) is 5. The number of carbonyl (C=O) groups excluding carboxylic acids is 2. The maximum Gasteiger partial charge on any atom is 0.295 e. The van der Waals surface area contributed by atoms with Crippen molar-refractivity contribution in [3.63, 3.8) is 0 Å². The van der Waals surface area contributed by atoms with Gasteiger partial charge in [-0.25, -0.2) is 0 Å². The van der Waals surface area contributed by atoms with Crippen LogP contribution in [0.1, 0.15) is 63.1 Å². The number of likely N-dealkylation sites (tertiary alicyclic amines) is 1. The summed E-state index contributed by atoms with van der Waals surface area (Å²) in [5.74, 6) is -0.848. The second-order valence-electron chi connectivity index (χ2n) is 9.18. The molecule has 1 aliphatic heterocycles. The predicted molar refractivity (Wildman–Crippen MR) is 144 cm³/mol. The zero-order valence-corrected chi connectivity index (χ0v) is 22.3. The SMILES string of the molecule is CCCCN(CCCC)CCCN1C(=O)C(=O)/C(=C(/O)c2ccc(Cl)cc2)C1c1cccc(OC)c1. The van der Waals surface area contributed by atoms with Crippen molar-refractivity contribution in [2.45, 2.75) is 52.0 Å². The number of halogens is 1. The molecule has 6 nitrogen and oxygen atoms in total. The van der Waals surface area contributed by atoms with Gasteiger partial charge < -0.3 is 19.6 Å². The minimum Gasteiger partial charge on any atom is -0.507 e. The van der Waals surface area contributed by atoms with Crippen LogP contribution in [0.25, 0.3) is 5.76 Å². The van der Waals surface area contributed by atoms with Crippen LogP contribution in [0.3, 0.4) is 0 Å². The monoisotopic (exact) mass is 512 g/mol. The van der Waals surface area contributed by atoms with Gasteiger partial charge in [0.2, 0.25) is 0 Å². The van der Waals surface area contributed by atoms with E-state index in [0.29, 0.717) is 22.9 Å². The van der Waals surface area contributed by atoms with Crippen LogP contribution in [0, 0.1) is 0 Å². The molecule has 1 unspecified atom stereocenters. The Bertz CT molecular complexity index is 1060. The van der Waals surface area contributed by atoms with Crippen molar-refractivity contribution in [1.29, 1.82) is 0 Å². The number of ketones is 1. The summed E-state index contributed by atoms with van der Waals surface area (Å²) in [4.78, 5) is 30.5. The van der Waals surface area contributed by atoms with Crippen LogP contribution in [0.2, 0.25) is 5.02 Å². The predicted octanol–water partition coefficient (Wildman–Crippen LogP) is 6.06. The molecular weight excluding hydrogens is 476 g/mol. The molecule has 7 heteroatoms. The highest BCUT2D eigenvalue weighted by molar-refractivity contribution is 6.46. The Kier molecular flexibility index (Phi) is 10.4. The third kappa shape index (κ3) is 6.68. The van der Waals surface area contributed by atoms with E-state index in [0.717, 1.165) is 57.3 Å². The molecule has 1 atom stereocenters. The first-order valence-corrected chi connectivity index (χ1v) is 13.2. The molecule has 0 spiro atoms. The molecule has 1 aliphatic rings. The van der Waals surface area contributed by atoms with Crippen molar-refractivity contribution < 1.29 is 19.4 Å². The molecule has 3 rings (SSSR count). The van der Waals surface area contributed by atoms with E-state index in [-0.39, 0.29) is 11.3 Å². The van der Waals surface area contributed by atoms with E-state index in [1.807, 2.05) is 24.3 Å². The number of amides is 1. The number of ether oxygens (including phenoxy) is 1. The summed E-state index contributed by atoms with van der Waals surface area (Å²) in [6.45, 7) is 7.71. The Balaban J connectivity index is 1.93. The van der Waals surface area contributed by atoms with E-state index in [1.165, 1.54) is 0 Å². The van der Waals surface area contributed by atoms with E-state index in [4.69, 9.17) is 16.3 Å². The molecule has 194 valence electrons. The van der Waals surface area contributed by atoms with Crippen LogP contribution >= 0.6 is 11.6 Å². The average Bonchev–Trinajstić information content (AvgIpc) is 3.15. The Morgan fingerprint density at radius 1 is 1.00 bits per heavy atom. The highest BCUT2D eigenvalue weighted by Crippen LogP contribution is 2.40. The van der Waals surface area contributed by atoms with E-state index in [2.05, 4.69) is 18.7 Å². The number of nitrogens with zero attached hydrogens (tertiary/aromatic N) is 2. The van der Waals surface area contributed by atoms with Gasteiger partial charge in [0, 0.05) is 17.1 Å². The molecule has 1 fully saturated rings. The quantitative estimate of drug-likeness (QED) is 0.200. The van der Waals surface area contributed by atoms with Crippen LogP contribution in [0.5, 0.6) is 5.75 Å². The first kappa shape index (κ1) is 27.8. The molecular formula is C29H37ClN2O4. The lowest BCUT2D eigenvalue weighted by Crippen LogP contribution is -2.34. The number of methoxy groups -OCH3 is 1. The molecule has 36 heavy (non-hydrogen) atoms. The molecule has 1 saturated heterocycles. The van der Waals surface area contributed by atoms with Gasteiger partial charge in [0.15, 0.2) is 0 Å². The van der Waals surface area contributed by atoms with E-state index in [1.54, 1.807) is 36.3 Å². The third-order valence-electron chi connectivity index (χ3n) is 6.60. The lowest BCUT2D eigenvalue weighted by Gasteiger charge is -2.27. The van der Waals surface area contributed by atoms with Gasteiger partial charge in [0.1, 0.15) is 11.5 Å². The Morgan fingerprint density at radius 2 is 1.64 bits per heavy atom. The molecule has 0 saturated carbocycles. The zero-order valence-electron chi connectivity index (χ0n) is 21.5. The number of unbranched alkanes of at least 4 members (excludes halogenated alkanes) is 2. The second kappa shape index (κ2) is 13.5. The third-order valence-corrected chi connectivity index (χ3v) is 6.85. The van der Waals surface area contributed by atoms with Crippen molar-refractivity contribution in [2.24, 2.45) is 0 Å². The Hall–Kier alpha value is -2.83. The van der Waals surface area contributed by atoms with E-state index in [9.17, 15) is 14.7 Å². The van der Waals surface area contributed by atoms with E-state index < -0.39 is 17.7 Å². The average molecular weight is 513 g/mol. The number of rotatable bonds is 13. The van der Waals surface area contributed by atoms with E-state index >= 15 is 0 Å². The normalized spacial score (nSPS) is 17.2. The summed E-state index contributed by atoms with van der Waals surface area (Å²) >= 11 is 6.01. The maximum atomic E-state index is 13.2. The number of Topliss-reactive ketones (excluding diaryl/α,β-unsaturated/α-hetero) is 1. The van der Waals surface area contributed by atoms with Gasteiger partial charge >= 0.3 is 0 Å². The van der Waals surface area contributed by atoms with Gasteiger partial charge in [-0.1, -0.05) is 50.4 Å². The van der Waals surface area contributed by atoms with Crippen molar-refractivity contribution in [1.82, 2.24) is 9.80 Å². The molecule has 2 aromatic carbocycles. The lowest BCUT2D eigenvalue weighted by atomic mass is 9.95. The molecule has 2 aromatic rings. The summed E-state index contributed by atoms with van der Waals surface area (Å²) in [5.41, 5.74) is 1.25. The fourth-order valence-electron chi connectivity index (χ4n) is 4.60. The van der Waals surface area contributed by atoms with Gasteiger partial charge in [0.25, 0.3) is 11.7 Å². The fraction of sp³-hybridized carbons (Fsp3) is 0.448. The maximum absolute atomic E-state index is 13.2. The standard InChI is InChI=1S/C29H37ClN2O4/c1-4-6-16-31(17-7-5-2)18-9-19-32-26(22-10-8-11-24(20-22)36-3)25(28(34)29(32)35)27(33)21-12-14-23(30)15-13-21/h8,10-15,20,26,33H,4-7,9,16-19H2,1-3H3/b27-25+.